The topological polar surface area (TPSA) is 73.9 Å². The van der Waals surface area contributed by atoms with E-state index in [1.54, 1.807) is 18.2 Å². The van der Waals surface area contributed by atoms with E-state index in [1.807, 2.05) is 51.1 Å². The normalized spacial score (nSPS) is 10.9. The molecule has 6 nitrogen and oxygen atoms in total. The van der Waals surface area contributed by atoms with Crippen molar-refractivity contribution in [2.24, 2.45) is 0 Å². The van der Waals surface area contributed by atoms with Gasteiger partial charge in [0.25, 0.3) is 0 Å². The zero-order valence-electron chi connectivity index (χ0n) is 16.8. The van der Waals surface area contributed by atoms with Crippen molar-refractivity contribution in [3.05, 3.63) is 65.2 Å². The SMILES string of the molecule is COC(=O)c1cccc(COc2ccc(CCNC(=O)OC(C)(C)C)cc2)c1. The summed E-state index contributed by atoms with van der Waals surface area (Å²) in [6.45, 7) is 6.34. The van der Waals surface area contributed by atoms with Gasteiger partial charge in [0.15, 0.2) is 0 Å². The Kier molecular flexibility index (Phi) is 7.44. The first-order chi connectivity index (χ1) is 13.3. The first kappa shape index (κ1) is 21.3. The number of esters is 1. The summed E-state index contributed by atoms with van der Waals surface area (Å²) in [7, 11) is 1.36. The van der Waals surface area contributed by atoms with Crippen molar-refractivity contribution < 1.29 is 23.8 Å². The summed E-state index contributed by atoms with van der Waals surface area (Å²) in [5.74, 6) is 0.360. The molecular formula is C22H27NO5. The number of ether oxygens (including phenoxy) is 3. The number of alkyl carbamates (subject to hydrolysis) is 1. The minimum Gasteiger partial charge on any atom is -0.489 e. The lowest BCUT2D eigenvalue weighted by Gasteiger charge is -2.19. The third-order valence-corrected chi connectivity index (χ3v) is 3.76. The number of rotatable bonds is 7. The van der Waals surface area contributed by atoms with Crippen LogP contribution < -0.4 is 10.1 Å². The highest BCUT2D eigenvalue weighted by Crippen LogP contribution is 2.15. The number of nitrogens with one attached hydrogen (secondary N) is 1. The minimum atomic E-state index is -0.501. The molecule has 0 atom stereocenters. The molecule has 0 saturated carbocycles. The highest BCUT2D eigenvalue weighted by atomic mass is 16.6. The summed E-state index contributed by atoms with van der Waals surface area (Å²) in [4.78, 5) is 23.2. The number of amides is 1. The summed E-state index contributed by atoms with van der Waals surface area (Å²) in [6, 6.07) is 14.8. The van der Waals surface area contributed by atoms with E-state index in [0.29, 0.717) is 25.1 Å². The predicted octanol–water partition coefficient (Wildman–Crippen LogP) is 4.12. The Morgan fingerprint density at radius 3 is 2.36 bits per heavy atom. The van der Waals surface area contributed by atoms with Crippen LogP contribution in [0.25, 0.3) is 0 Å². The Morgan fingerprint density at radius 1 is 1.00 bits per heavy atom. The van der Waals surface area contributed by atoms with Gasteiger partial charge < -0.3 is 19.5 Å². The Balaban J connectivity index is 1.80. The molecule has 1 amide bonds. The fraction of sp³-hybridized carbons (Fsp3) is 0.364. The first-order valence-corrected chi connectivity index (χ1v) is 9.13. The van der Waals surface area contributed by atoms with Gasteiger partial charge >= 0.3 is 12.1 Å². The zero-order valence-corrected chi connectivity index (χ0v) is 16.8. The first-order valence-electron chi connectivity index (χ1n) is 9.13. The van der Waals surface area contributed by atoms with Crippen molar-refractivity contribution in [1.29, 1.82) is 0 Å². The molecule has 28 heavy (non-hydrogen) atoms. The Hall–Kier alpha value is -3.02. The molecule has 0 aliphatic heterocycles. The monoisotopic (exact) mass is 385 g/mol. The van der Waals surface area contributed by atoms with E-state index in [4.69, 9.17) is 14.2 Å². The molecule has 0 bridgehead atoms. The fourth-order valence-electron chi connectivity index (χ4n) is 2.45. The van der Waals surface area contributed by atoms with E-state index in [1.165, 1.54) is 7.11 Å². The van der Waals surface area contributed by atoms with Crippen LogP contribution in [0.2, 0.25) is 0 Å². The summed E-state index contributed by atoms with van der Waals surface area (Å²) in [5, 5.41) is 2.74. The summed E-state index contributed by atoms with van der Waals surface area (Å²) < 4.78 is 15.7. The average Bonchev–Trinajstić information content (AvgIpc) is 2.65. The number of carbonyl (C=O) groups excluding carboxylic acids is 2. The second-order valence-electron chi connectivity index (χ2n) is 7.30. The van der Waals surface area contributed by atoms with Crippen molar-refractivity contribution in [3.63, 3.8) is 0 Å². The molecule has 0 saturated heterocycles. The number of methoxy groups -OCH3 is 1. The highest BCUT2D eigenvalue weighted by molar-refractivity contribution is 5.89. The molecular weight excluding hydrogens is 358 g/mol. The van der Waals surface area contributed by atoms with Crippen LogP contribution in [-0.4, -0.2) is 31.3 Å². The van der Waals surface area contributed by atoms with Crippen molar-refractivity contribution in [1.82, 2.24) is 5.32 Å². The van der Waals surface area contributed by atoms with Gasteiger partial charge in [0.1, 0.15) is 18.0 Å². The van der Waals surface area contributed by atoms with Gasteiger partial charge in [-0.3, -0.25) is 0 Å². The Morgan fingerprint density at radius 2 is 1.71 bits per heavy atom. The second-order valence-corrected chi connectivity index (χ2v) is 7.30. The van der Waals surface area contributed by atoms with Gasteiger partial charge in [0.2, 0.25) is 0 Å². The molecule has 0 aliphatic carbocycles. The van der Waals surface area contributed by atoms with Gasteiger partial charge in [-0.05, 0) is 62.6 Å². The van der Waals surface area contributed by atoms with Crippen LogP contribution in [0.15, 0.2) is 48.5 Å². The van der Waals surface area contributed by atoms with Crippen molar-refractivity contribution >= 4 is 12.1 Å². The lowest BCUT2D eigenvalue weighted by Crippen LogP contribution is -2.33. The summed E-state index contributed by atoms with van der Waals surface area (Å²) in [5.41, 5.74) is 1.96. The van der Waals surface area contributed by atoms with Crippen molar-refractivity contribution in [3.8, 4) is 5.75 Å². The van der Waals surface area contributed by atoms with Crippen LogP contribution in [-0.2, 0) is 22.5 Å². The van der Waals surface area contributed by atoms with Crippen molar-refractivity contribution in [2.75, 3.05) is 13.7 Å². The molecule has 0 fully saturated rings. The van der Waals surface area contributed by atoms with Crippen LogP contribution in [0, 0.1) is 0 Å². The number of carbonyl (C=O) groups is 2. The zero-order chi connectivity index (χ0) is 20.6. The molecule has 150 valence electrons. The molecule has 0 aliphatic rings. The number of hydrogen-bond donors (Lipinski definition) is 1. The maximum Gasteiger partial charge on any atom is 0.407 e. The Labute approximate surface area is 165 Å². The van der Waals surface area contributed by atoms with Crippen LogP contribution in [0.3, 0.4) is 0 Å². The maximum absolute atomic E-state index is 11.6. The van der Waals surface area contributed by atoms with Gasteiger partial charge in [-0.2, -0.15) is 0 Å². The number of hydrogen-bond acceptors (Lipinski definition) is 5. The van der Waals surface area contributed by atoms with Crippen molar-refractivity contribution in [2.45, 2.75) is 39.4 Å². The van der Waals surface area contributed by atoms with Gasteiger partial charge in [-0.1, -0.05) is 24.3 Å². The molecule has 0 unspecified atom stereocenters. The second kappa shape index (κ2) is 9.78. The van der Waals surface area contributed by atoms with Crippen LogP contribution in [0.5, 0.6) is 5.75 Å². The third kappa shape index (κ3) is 7.31. The lowest BCUT2D eigenvalue weighted by molar-refractivity contribution is 0.0527. The highest BCUT2D eigenvalue weighted by Gasteiger charge is 2.15. The van der Waals surface area contributed by atoms with E-state index in [0.717, 1.165) is 16.9 Å². The lowest BCUT2D eigenvalue weighted by atomic mass is 10.1. The molecule has 0 aromatic heterocycles. The molecule has 2 rings (SSSR count). The maximum atomic E-state index is 11.6. The Bertz CT molecular complexity index is 793. The van der Waals surface area contributed by atoms with Gasteiger partial charge in [0.05, 0.1) is 12.7 Å². The van der Waals surface area contributed by atoms with Crippen LogP contribution in [0.4, 0.5) is 4.79 Å². The third-order valence-electron chi connectivity index (χ3n) is 3.76. The standard InChI is InChI=1S/C22H27NO5/c1-22(2,3)28-21(25)23-13-12-16-8-10-19(11-9-16)27-15-17-6-5-7-18(14-17)20(24)26-4/h5-11,14H,12-13,15H2,1-4H3,(H,23,25). The molecule has 0 spiro atoms. The number of benzene rings is 2. The quantitative estimate of drug-likeness (QED) is 0.726. The van der Waals surface area contributed by atoms with E-state index in [2.05, 4.69) is 5.32 Å². The predicted molar refractivity (Wildman–Crippen MR) is 106 cm³/mol. The van der Waals surface area contributed by atoms with E-state index in [-0.39, 0.29) is 5.97 Å². The largest absolute Gasteiger partial charge is 0.489 e. The van der Waals surface area contributed by atoms with E-state index >= 15 is 0 Å². The molecule has 2 aromatic rings. The molecule has 0 radical (unpaired) electrons. The smallest absolute Gasteiger partial charge is 0.407 e. The van der Waals surface area contributed by atoms with E-state index in [9.17, 15) is 9.59 Å². The summed E-state index contributed by atoms with van der Waals surface area (Å²) >= 11 is 0. The van der Waals surface area contributed by atoms with Gasteiger partial charge in [0, 0.05) is 6.54 Å². The van der Waals surface area contributed by atoms with Crippen LogP contribution in [0.1, 0.15) is 42.3 Å². The summed E-state index contributed by atoms with van der Waals surface area (Å²) in [6.07, 6.45) is 0.280. The molecule has 0 heterocycles. The average molecular weight is 385 g/mol. The van der Waals surface area contributed by atoms with Gasteiger partial charge in [-0.25, -0.2) is 9.59 Å². The molecule has 2 aromatic carbocycles. The van der Waals surface area contributed by atoms with Gasteiger partial charge in [-0.15, -0.1) is 0 Å². The fourth-order valence-corrected chi connectivity index (χ4v) is 2.45. The molecule has 1 N–H and O–H groups in total. The van der Waals surface area contributed by atoms with Crippen LogP contribution >= 0.6 is 0 Å². The molecule has 6 heteroatoms. The van der Waals surface area contributed by atoms with E-state index < -0.39 is 11.7 Å². The minimum absolute atomic E-state index is 0.352.